The van der Waals surface area contributed by atoms with Crippen molar-refractivity contribution in [2.75, 3.05) is 11.6 Å². The van der Waals surface area contributed by atoms with Gasteiger partial charge in [0.2, 0.25) is 5.91 Å². The maximum atomic E-state index is 13.3. The molecule has 178 valence electrons. The molecule has 2 aromatic rings. The van der Waals surface area contributed by atoms with Gasteiger partial charge in [0, 0.05) is 17.5 Å². The van der Waals surface area contributed by atoms with Crippen molar-refractivity contribution in [1.82, 2.24) is 5.32 Å². The Balaban J connectivity index is 1.79. The first kappa shape index (κ1) is 24.8. The van der Waals surface area contributed by atoms with Gasteiger partial charge in [0.25, 0.3) is 0 Å². The molecule has 1 aliphatic carbocycles. The van der Waals surface area contributed by atoms with Crippen LogP contribution in [-0.4, -0.2) is 37.8 Å². The number of anilines is 1. The van der Waals surface area contributed by atoms with Gasteiger partial charge in [-0.15, -0.1) is 0 Å². The number of hydrogen-bond acceptors (Lipinski definition) is 5. The molecule has 1 saturated carbocycles. The molecule has 0 saturated heterocycles. The topological polar surface area (TPSA) is 102 Å². The molecule has 0 aliphatic heterocycles. The second-order valence-electron chi connectivity index (χ2n) is 9.57. The van der Waals surface area contributed by atoms with E-state index in [1.54, 1.807) is 69.3 Å². The van der Waals surface area contributed by atoms with Gasteiger partial charge in [0.05, 0.1) is 4.90 Å². The van der Waals surface area contributed by atoms with Crippen LogP contribution < -0.4 is 10.6 Å². The molecule has 0 aromatic heterocycles. The summed E-state index contributed by atoms with van der Waals surface area (Å²) in [5.74, 6) is -0.280. The zero-order chi connectivity index (χ0) is 24.3. The Morgan fingerprint density at radius 1 is 0.939 bits per heavy atom. The number of sulfone groups is 1. The second kappa shape index (κ2) is 9.55. The van der Waals surface area contributed by atoms with Crippen molar-refractivity contribution < 1.29 is 22.7 Å². The van der Waals surface area contributed by atoms with E-state index in [9.17, 15) is 18.0 Å². The van der Waals surface area contributed by atoms with Gasteiger partial charge in [0.15, 0.2) is 9.84 Å². The van der Waals surface area contributed by atoms with E-state index in [1.807, 2.05) is 0 Å². The molecule has 1 fully saturated rings. The lowest BCUT2D eigenvalue weighted by Gasteiger charge is -2.37. The van der Waals surface area contributed by atoms with Crippen LogP contribution in [0.1, 0.15) is 52.9 Å². The number of alkyl carbamates (subject to hydrolysis) is 1. The van der Waals surface area contributed by atoms with E-state index in [4.69, 9.17) is 4.74 Å². The molecular weight excluding hydrogens is 440 g/mol. The fraction of sp³-hybridized carbons (Fsp3) is 0.440. The third-order valence-corrected chi connectivity index (χ3v) is 6.78. The average molecular weight is 473 g/mol. The lowest BCUT2D eigenvalue weighted by atomic mass is 9.81. The predicted molar refractivity (Wildman–Crippen MR) is 129 cm³/mol. The monoisotopic (exact) mass is 472 g/mol. The van der Waals surface area contributed by atoms with Crippen molar-refractivity contribution in [3.05, 3.63) is 48.5 Å². The molecule has 3 rings (SSSR count). The van der Waals surface area contributed by atoms with Crippen LogP contribution in [0.5, 0.6) is 0 Å². The van der Waals surface area contributed by atoms with Crippen LogP contribution in [0.2, 0.25) is 0 Å². The summed E-state index contributed by atoms with van der Waals surface area (Å²) in [6, 6.07) is 13.8. The SMILES string of the molecule is CC(C)(C)OC(=O)NC1(C(=O)Nc2ccc(-c3ccccc3S(C)(=O)=O)cc2)CCCCC1. The highest BCUT2D eigenvalue weighted by atomic mass is 32.2. The lowest BCUT2D eigenvalue weighted by molar-refractivity contribution is -0.123. The van der Waals surface area contributed by atoms with Gasteiger partial charge in [-0.05, 0) is 57.4 Å². The molecular formula is C25H32N2O5S. The summed E-state index contributed by atoms with van der Waals surface area (Å²) in [7, 11) is -3.38. The first-order valence-corrected chi connectivity index (χ1v) is 13.0. The molecule has 1 aliphatic rings. The van der Waals surface area contributed by atoms with Gasteiger partial charge >= 0.3 is 6.09 Å². The van der Waals surface area contributed by atoms with Crippen molar-refractivity contribution in [2.24, 2.45) is 0 Å². The van der Waals surface area contributed by atoms with Crippen LogP contribution in [0, 0.1) is 0 Å². The smallest absolute Gasteiger partial charge is 0.408 e. The van der Waals surface area contributed by atoms with Crippen molar-refractivity contribution in [3.63, 3.8) is 0 Å². The standard InChI is InChI=1S/C25H32N2O5S/c1-24(2,3)32-23(29)27-25(16-8-5-9-17-25)22(28)26-19-14-12-18(13-15-19)20-10-6-7-11-21(20)33(4,30)31/h6-7,10-15H,5,8-9,16-17H2,1-4H3,(H,26,28)(H,27,29). The van der Waals surface area contributed by atoms with Crippen molar-refractivity contribution in [1.29, 1.82) is 0 Å². The average Bonchev–Trinajstić information content (AvgIpc) is 2.73. The van der Waals surface area contributed by atoms with E-state index in [0.29, 0.717) is 24.1 Å². The third kappa shape index (κ3) is 6.35. The molecule has 0 atom stereocenters. The van der Waals surface area contributed by atoms with Crippen LogP contribution >= 0.6 is 0 Å². The Kier molecular flexibility index (Phi) is 7.17. The van der Waals surface area contributed by atoms with E-state index in [2.05, 4.69) is 10.6 Å². The van der Waals surface area contributed by atoms with Crippen molar-refractivity contribution in [2.45, 2.75) is 68.9 Å². The van der Waals surface area contributed by atoms with Crippen LogP contribution in [0.4, 0.5) is 10.5 Å². The van der Waals surface area contributed by atoms with Gasteiger partial charge in [0.1, 0.15) is 11.1 Å². The van der Waals surface area contributed by atoms with E-state index in [-0.39, 0.29) is 10.8 Å². The molecule has 0 heterocycles. The molecule has 0 radical (unpaired) electrons. The molecule has 33 heavy (non-hydrogen) atoms. The van der Waals surface area contributed by atoms with Gasteiger partial charge in [-0.3, -0.25) is 4.79 Å². The maximum Gasteiger partial charge on any atom is 0.408 e. The zero-order valence-corrected chi connectivity index (χ0v) is 20.4. The number of carbonyl (C=O) groups is 2. The Labute approximate surface area is 195 Å². The van der Waals surface area contributed by atoms with Gasteiger partial charge in [-0.25, -0.2) is 13.2 Å². The number of amides is 2. The lowest BCUT2D eigenvalue weighted by Crippen LogP contribution is -2.58. The summed E-state index contributed by atoms with van der Waals surface area (Å²) in [5, 5.41) is 5.75. The number of benzene rings is 2. The van der Waals surface area contributed by atoms with E-state index >= 15 is 0 Å². The number of carbonyl (C=O) groups excluding carboxylic acids is 2. The largest absolute Gasteiger partial charge is 0.444 e. The van der Waals surface area contributed by atoms with E-state index in [0.717, 1.165) is 24.8 Å². The van der Waals surface area contributed by atoms with Gasteiger partial charge in [-0.1, -0.05) is 49.6 Å². The minimum absolute atomic E-state index is 0.254. The fourth-order valence-electron chi connectivity index (χ4n) is 4.08. The number of nitrogens with one attached hydrogen (secondary N) is 2. The van der Waals surface area contributed by atoms with Gasteiger partial charge < -0.3 is 15.4 Å². The number of rotatable bonds is 5. The molecule has 2 amide bonds. The maximum absolute atomic E-state index is 13.3. The number of ether oxygens (including phenoxy) is 1. The Morgan fingerprint density at radius 3 is 2.12 bits per heavy atom. The summed E-state index contributed by atoms with van der Waals surface area (Å²) in [6.45, 7) is 5.34. The van der Waals surface area contributed by atoms with Crippen LogP contribution in [0.15, 0.2) is 53.4 Å². The molecule has 2 aromatic carbocycles. The van der Waals surface area contributed by atoms with Crippen molar-refractivity contribution >= 4 is 27.5 Å². The molecule has 0 unspecified atom stereocenters. The third-order valence-electron chi connectivity index (χ3n) is 5.62. The molecule has 8 heteroatoms. The molecule has 2 N–H and O–H groups in total. The Morgan fingerprint density at radius 2 is 1.55 bits per heavy atom. The molecule has 0 bridgehead atoms. The van der Waals surface area contributed by atoms with E-state index < -0.39 is 27.1 Å². The van der Waals surface area contributed by atoms with E-state index in [1.165, 1.54) is 6.26 Å². The summed E-state index contributed by atoms with van der Waals surface area (Å²) < 4.78 is 29.6. The quantitative estimate of drug-likeness (QED) is 0.643. The first-order valence-electron chi connectivity index (χ1n) is 11.1. The highest BCUT2D eigenvalue weighted by molar-refractivity contribution is 7.90. The first-order chi connectivity index (χ1) is 15.4. The highest BCUT2D eigenvalue weighted by Crippen LogP contribution is 2.31. The highest BCUT2D eigenvalue weighted by Gasteiger charge is 2.42. The minimum Gasteiger partial charge on any atom is -0.444 e. The molecule has 7 nitrogen and oxygen atoms in total. The minimum atomic E-state index is -3.38. The van der Waals surface area contributed by atoms with Crippen LogP contribution in [-0.2, 0) is 19.4 Å². The summed E-state index contributed by atoms with van der Waals surface area (Å²) in [6.07, 6.45) is 4.35. The molecule has 0 spiro atoms. The second-order valence-corrected chi connectivity index (χ2v) is 11.6. The Bertz CT molecular complexity index is 1110. The Hall–Kier alpha value is -2.87. The predicted octanol–water partition coefficient (Wildman–Crippen LogP) is 4.92. The number of hydrogen-bond donors (Lipinski definition) is 2. The summed E-state index contributed by atoms with van der Waals surface area (Å²) >= 11 is 0. The summed E-state index contributed by atoms with van der Waals surface area (Å²) in [4.78, 5) is 26.0. The summed E-state index contributed by atoms with van der Waals surface area (Å²) in [5.41, 5.74) is 0.217. The fourth-order valence-corrected chi connectivity index (χ4v) is 4.99. The van der Waals surface area contributed by atoms with Crippen molar-refractivity contribution in [3.8, 4) is 11.1 Å². The van der Waals surface area contributed by atoms with Gasteiger partial charge in [-0.2, -0.15) is 0 Å². The normalized spacial score (nSPS) is 16.0. The zero-order valence-electron chi connectivity index (χ0n) is 19.6. The van der Waals surface area contributed by atoms with Crippen LogP contribution in [0.3, 0.4) is 0 Å². The van der Waals surface area contributed by atoms with Crippen LogP contribution in [0.25, 0.3) is 11.1 Å².